The van der Waals surface area contributed by atoms with Gasteiger partial charge in [-0.15, -0.1) is 0 Å². The summed E-state index contributed by atoms with van der Waals surface area (Å²) in [6, 6.07) is 10.7. The van der Waals surface area contributed by atoms with Gasteiger partial charge in [-0.2, -0.15) is 0 Å². The number of sulfonamides is 1. The van der Waals surface area contributed by atoms with Crippen LogP contribution >= 0.6 is 39.1 Å². The van der Waals surface area contributed by atoms with Crippen LogP contribution < -0.4 is 9.62 Å². The highest BCUT2D eigenvalue weighted by Crippen LogP contribution is 2.28. The molecule has 1 N–H and O–H groups in total. The van der Waals surface area contributed by atoms with E-state index in [4.69, 9.17) is 23.2 Å². The average Bonchev–Trinajstić information content (AvgIpc) is 2.74. The molecule has 0 aromatic heterocycles. The number of amides is 2. The average molecular weight is 579 g/mol. The van der Waals surface area contributed by atoms with E-state index >= 15 is 0 Å². The largest absolute Gasteiger partial charge is 0.355 e. The number of nitrogens with one attached hydrogen (secondary N) is 1. The Labute approximate surface area is 213 Å². The van der Waals surface area contributed by atoms with Crippen molar-refractivity contribution in [2.45, 2.75) is 32.9 Å². The first kappa shape index (κ1) is 27.4. The minimum Gasteiger partial charge on any atom is -0.355 e. The fourth-order valence-electron chi connectivity index (χ4n) is 3.29. The Bertz CT molecular complexity index is 1080. The Morgan fingerprint density at radius 1 is 1.06 bits per heavy atom. The monoisotopic (exact) mass is 577 g/mol. The lowest BCUT2D eigenvalue weighted by Crippen LogP contribution is -2.52. The van der Waals surface area contributed by atoms with Gasteiger partial charge < -0.3 is 10.2 Å². The Balaban J connectivity index is 2.48. The van der Waals surface area contributed by atoms with Gasteiger partial charge in [-0.25, -0.2) is 8.42 Å². The summed E-state index contributed by atoms with van der Waals surface area (Å²) in [7, 11) is -3.79. The van der Waals surface area contributed by atoms with Crippen molar-refractivity contribution in [1.29, 1.82) is 0 Å². The summed E-state index contributed by atoms with van der Waals surface area (Å²) in [5.41, 5.74) is 0.808. The zero-order chi connectivity index (χ0) is 24.8. The van der Waals surface area contributed by atoms with Crippen molar-refractivity contribution in [2.75, 3.05) is 23.7 Å². The summed E-state index contributed by atoms with van der Waals surface area (Å²) in [6.07, 6.45) is 1.34. The quantitative estimate of drug-likeness (QED) is 0.451. The molecule has 0 fully saturated rings. The Morgan fingerprint density at radius 3 is 2.12 bits per heavy atom. The fraction of sp³-hybridized carbons (Fsp3) is 0.364. The van der Waals surface area contributed by atoms with Gasteiger partial charge >= 0.3 is 0 Å². The van der Waals surface area contributed by atoms with E-state index in [1.807, 2.05) is 0 Å². The number of hydrogen-bond acceptors (Lipinski definition) is 4. The van der Waals surface area contributed by atoms with Crippen molar-refractivity contribution in [3.63, 3.8) is 0 Å². The molecule has 180 valence electrons. The number of hydrogen-bond donors (Lipinski definition) is 1. The first-order valence-corrected chi connectivity index (χ1v) is 13.6. The van der Waals surface area contributed by atoms with E-state index in [0.717, 1.165) is 15.0 Å². The van der Waals surface area contributed by atoms with Crippen molar-refractivity contribution < 1.29 is 18.0 Å². The van der Waals surface area contributed by atoms with E-state index in [1.54, 1.807) is 56.3 Å². The number of rotatable bonds is 10. The van der Waals surface area contributed by atoms with Gasteiger partial charge in [-0.3, -0.25) is 13.9 Å². The molecule has 0 radical (unpaired) electrons. The second-order valence-electron chi connectivity index (χ2n) is 7.29. The highest BCUT2D eigenvalue weighted by atomic mass is 79.9. The summed E-state index contributed by atoms with van der Waals surface area (Å²) in [4.78, 5) is 27.6. The third kappa shape index (κ3) is 7.34. The molecule has 0 saturated heterocycles. The van der Waals surface area contributed by atoms with Crippen LogP contribution in [0.4, 0.5) is 5.69 Å². The van der Waals surface area contributed by atoms with Crippen LogP contribution in [0.2, 0.25) is 10.0 Å². The van der Waals surface area contributed by atoms with Gasteiger partial charge in [0, 0.05) is 33.2 Å². The van der Waals surface area contributed by atoms with E-state index in [9.17, 15) is 18.0 Å². The summed E-state index contributed by atoms with van der Waals surface area (Å²) in [5, 5.41) is 3.42. The van der Waals surface area contributed by atoms with E-state index in [-0.39, 0.29) is 12.5 Å². The van der Waals surface area contributed by atoms with Crippen molar-refractivity contribution in [3.05, 3.63) is 62.5 Å². The van der Waals surface area contributed by atoms with E-state index in [2.05, 4.69) is 21.2 Å². The lowest BCUT2D eigenvalue weighted by molar-refractivity contribution is -0.140. The van der Waals surface area contributed by atoms with E-state index < -0.39 is 28.5 Å². The number of carbonyl (C=O) groups is 2. The minimum absolute atomic E-state index is 0.0507. The van der Waals surface area contributed by atoms with Crippen molar-refractivity contribution in [2.24, 2.45) is 0 Å². The van der Waals surface area contributed by atoms with Gasteiger partial charge in [0.25, 0.3) is 0 Å². The topological polar surface area (TPSA) is 86.8 Å². The lowest BCUT2D eigenvalue weighted by atomic mass is 10.1. The number of halogens is 3. The van der Waals surface area contributed by atoms with Crippen LogP contribution in [0.3, 0.4) is 0 Å². The molecule has 0 aliphatic rings. The van der Waals surface area contributed by atoms with Gasteiger partial charge in [-0.05, 0) is 49.7 Å². The maximum absolute atomic E-state index is 13.5. The van der Waals surface area contributed by atoms with Crippen molar-refractivity contribution in [3.8, 4) is 0 Å². The van der Waals surface area contributed by atoms with Crippen molar-refractivity contribution >= 4 is 66.7 Å². The van der Waals surface area contributed by atoms with Gasteiger partial charge in [0.1, 0.15) is 12.6 Å². The number of anilines is 1. The first-order chi connectivity index (χ1) is 15.5. The third-order valence-electron chi connectivity index (χ3n) is 4.92. The SMILES string of the molecule is CCNC(=O)[C@@H](CC)N(Cc1c(Cl)cccc1Cl)C(=O)CN(c1ccc(Br)cc1)S(C)(=O)=O. The number of benzene rings is 2. The highest BCUT2D eigenvalue weighted by molar-refractivity contribution is 9.10. The maximum Gasteiger partial charge on any atom is 0.244 e. The van der Waals surface area contributed by atoms with E-state index in [0.29, 0.717) is 34.3 Å². The molecule has 2 aromatic carbocycles. The molecule has 2 amide bonds. The van der Waals surface area contributed by atoms with Gasteiger partial charge in [0.2, 0.25) is 21.8 Å². The summed E-state index contributed by atoms with van der Waals surface area (Å²) >= 11 is 16.0. The number of likely N-dealkylation sites (N-methyl/N-ethyl adjacent to an activating group) is 1. The molecule has 0 bridgehead atoms. The molecule has 0 unspecified atom stereocenters. The normalized spacial score (nSPS) is 12.2. The van der Waals surface area contributed by atoms with Crippen LogP contribution in [0.5, 0.6) is 0 Å². The standard InChI is InChI=1S/C22H26BrCl2N3O4S/c1-4-20(22(30)26-5-2)27(13-17-18(24)7-6-8-19(17)25)21(29)14-28(33(3,31)32)16-11-9-15(23)10-12-16/h6-12,20H,4-5,13-14H2,1-3H3,(H,26,30)/t20-/m1/s1. The zero-order valence-electron chi connectivity index (χ0n) is 18.5. The van der Waals surface area contributed by atoms with Gasteiger partial charge in [0.15, 0.2) is 0 Å². The Hall–Kier alpha value is -1.81. The highest BCUT2D eigenvalue weighted by Gasteiger charge is 2.32. The van der Waals surface area contributed by atoms with Crippen LogP contribution in [0, 0.1) is 0 Å². The summed E-state index contributed by atoms with van der Waals surface area (Å²) < 4.78 is 26.9. The van der Waals surface area contributed by atoms with Crippen LogP contribution in [-0.4, -0.2) is 50.5 Å². The summed E-state index contributed by atoms with van der Waals surface area (Å²) in [5.74, 6) is -0.900. The van der Waals surface area contributed by atoms with Crippen molar-refractivity contribution in [1.82, 2.24) is 10.2 Å². The van der Waals surface area contributed by atoms with Gasteiger partial charge in [0.05, 0.1) is 11.9 Å². The molecule has 11 heteroatoms. The molecule has 0 aliphatic carbocycles. The maximum atomic E-state index is 13.5. The Morgan fingerprint density at radius 2 is 1.64 bits per heavy atom. The third-order valence-corrected chi connectivity index (χ3v) is 7.30. The molecule has 0 aliphatic heterocycles. The molecule has 0 spiro atoms. The smallest absolute Gasteiger partial charge is 0.244 e. The molecule has 1 atom stereocenters. The lowest BCUT2D eigenvalue weighted by Gasteiger charge is -2.33. The molecule has 2 aromatic rings. The number of carbonyl (C=O) groups excluding carboxylic acids is 2. The van der Waals surface area contributed by atoms with Gasteiger partial charge in [-0.1, -0.05) is 52.1 Å². The molecule has 0 heterocycles. The van der Waals surface area contributed by atoms with Crippen LogP contribution in [0.25, 0.3) is 0 Å². The van der Waals surface area contributed by atoms with E-state index in [1.165, 1.54) is 4.90 Å². The van der Waals surface area contributed by atoms with Crippen LogP contribution in [-0.2, 0) is 26.2 Å². The Kier molecular flexibility index (Phi) is 10.0. The van der Waals surface area contributed by atoms with Crippen LogP contribution in [0.15, 0.2) is 46.9 Å². The van der Waals surface area contributed by atoms with Crippen LogP contribution in [0.1, 0.15) is 25.8 Å². The molecule has 33 heavy (non-hydrogen) atoms. The second-order valence-corrected chi connectivity index (χ2v) is 10.9. The second kappa shape index (κ2) is 12.1. The minimum atomic E-state index is -3.79. The first-order valence-electron chi connectivity index (χ1n) is 10.2. The predicted octanol–water partition coefficient (Wildman–Crippen LogP) is 4.47. The predicted molar refractivity (Wildman–Crippen MR) is 136 cm³/mol. The molecule has 2 rings (SSSR count). The molecule has 0 saturated carbocycles. The molecular weight excluding hydrogens is 553 g/mol. The number of nitrogens with zero attached hydrogens (tertiary/aromatic N) is 2. The zero-order valence-corrected chi connectivity index (χ0v) is 22.4. The molecular formula is C22H26BrCl2N3O4S. The fourth-order valence-corrected chi connectivity index (χ4v) is 4.92. The summed E-state index contributed by atoms with van der Waals surface area (Å²) in [6.45, 7) is 3.40. The molecule has 7 nitrogen and oxygen atoms in total.